The van der Waals surface area contributed by atoms with E-state index in [4.69, 9.17) is 5.73 Å². The van der Waals surface area contributed by atoms with Gasteiger partial charge in [-0.25, -0.2) is 0 Å². The third-order valence-electron chi connectivity index (χ3n) is 2.86. The van der Waals surface area contributed by atoms with Crippen molar-refractivity contribution >= 4 is 40.4 Å². The number of benzene rings is 1. The van der Waals surface area contributed by atoms with Gasteiger partial charge in [0.15, 0.2) is 0 Å². The van der Waals surface area contributed by atoms with Crippen LogP contribution in [0.15, 0.2) is 40.6 Å². The lowest BCUT2D eigenvalue weighted by atomic mass is 10.2. The van der Waals surface area contributed by atoms with Gasteiger partial charge in [0.2, 0.25) is 0 Å². The first-order valence-electron chi connectivity index (χ1n) is 5.64. The average Bonchev–Trinajstić information content (AvgIpc) is 2.83. The van der Waals surface area contributed by atoms with Crippen molar-refractivity contribution in [1.82, 2.24) is 0 Å². The number of carbonyl (C=O) groups excluding carboxylic acids is 1. The summed E-state index contributed by atoms with van der Waals surface area (Å²) in [6.45, 7) is 0.734. The second kappa shape index (κ2) is 4.66. The molecule has 2 aromatic rings. The minimum absolute atomic E-state index is 0.00949. The van der Waals surface area contributed by atoms with E-state index < -0.39 is 0 Å². The van der Waals surface area contributed by atoms with E-state index in [1.54, 1.807) is 17.8 Å². The van der Waals surface area contributed by atoms with Crippen LogP contribution in [0.2, 0.25) is 0 Å². The van der Waals surface area contributed by atoms with Crippen LogP contribution >= 0.6 is 23.1 Å². The number of nitrogens with zero attached hydrogens (tertiary/aromatic N) is 1. The molecule has 1 aliphatic rings. The highest BCUT2D eigenvalue weighted by Crippen LogP contribution is 2.36. The van der Waals surface area contributed by atoms with Crippen LogP contribution in [0.25, 0.3) is 0 Å². The van der Waals surface area contributed by atoms with Gasteiger partial charge in [0.25, 0.3) is 5.91 Å². The van der Waals surface area contributed by atoms with E-state index in [2.05, 4.69) is 6.07 Å². The van der Waals surface area contributed by atoms with Gasteiger partial charge in [-0.15, -0.1) is 23.1 Å². The number of fused-ring (bicyclic) bond motifs is 1. The van der Waals surface area contributed by atoms with Crippen LogP contribution in [0.4, 0.5) is 11.4 Å². The van der Waals surface area contributed by atoms with Gasteiger partial charge < -0.3 is 10.6 Å². The molecule has 0 bridgehead atoms. The molecule has 0 saturated carbocycles. The number of anilines is 2. The molecule has 0 aliphatic carbocycles. The molecule has 3 rings (SSSR count). The van der Waals surface area contributed by atoms with Crippen molar-refractivity contribution in [2.45, 2.75) is 4.90 Å². The predicted octanol–water partition coefficient (Wildman–Crippen LogP) is 3.08. The van der Waals surface area contributed by atoms with Gasteiger partial charge in [-0.2, -0.15) is 0 Å². The smallest absolute Gasteiger partial charge is 0.270 e. The summed E-state index contributed by atoms with van der Waals surface area (Å²) in [4.78, 5) is 16.1. The molecule has 1 aromatic heterocycles. The van der Waals surface area contributed by atoms with Crippen molar-refractivity contribution in [3.8, 4) is 0 Å². The molecule has 0 unspecified atom stereocenters. The maximum absolute atomic E-state index is 12.5. The molecule has 92 valence electrons. The van der Waals surface area contributed by atoms with Crippen LogP contribution in [0.5, 0.6) is 0 Å². The average molecular weight is 276 g/mol. The van der Waals surface area contributed by atoms with Gasteiger partial charge in [-0.3, -0.25) is 4.79 Å². The lowest BCUT2D eigenvalue weighted by molar-refractivity contribution is 0.0992. The number of nitrogens with two attached hydrogens (primary N) is 1. The Morgan fingerprint density at radius 2 is 2.11 bits per heavy atom. The molecule has 2 N–H and O–H groups in total. The first-order valence-corrected chi connectivity index (χ1v) is 7.50. The Bertz CT molecular complexity index is 594. The maximum Gasteiger partial charge on any atom is 0.270 e. The van der Waals surface area contributed by atoms with E-state index in [1.165, 1.54) is 11.3 Å². The van der Waals surface area contributed by atoms with Crippen molar-refractivity contribution < 1.29 is 4.79 Å². The first-order chi connectivity index (χ1) is 8.77. The van der Waals surface area contributed by atoms with Crippen molar-refractivity contribution in [3.05, 3.63) is 40.6 Å². The number of hydrogen-bond donors (Lipinski definition) is 1. The summed E-state index contributed by atoms with van der Waals surface area (Å²) in [5.74, 6) is 0.934. The summed E-state index contributed by atoms with van der Waals surface area (Å²) in [5.41, 5.74) is 7.39. The van der Waals surface area contributed by atoms with Gasteiger partial charge in [0, 0.05) is 17.2 Å². The van der Waals surface area contributed by atoms with Gasteiger partial charge >= 0.3 is 0 Å². The number of thioether (sulfide) groups is 1. The van der Waals surface area contributed by atoms with E-state index in [-0.39, 0.29) is 5.91 Å². The van der Waals surface area contributed by atoms with Gasteiger partial charge in [-0.1, -0.05) is 12.1 Å². The zero-order chi connectivity index (χ0) is 12.5. The second-order valence-electron chi connectivity index (χ2n) is 3.98. The Labute approximate surface area is 114 Å². The van der Waals surface area contributed by atoms with Crippen LogP contribution in [-0.4, -0.2) is 18.2 Å². The summed E-state index contributed by atoms with van der Waals surface area (Å²) in [5, 5.41) is 1.85. The number of nitrogen functional groups attached to an aromatic ring is 1. The Morgan fingerprint density at radius 1 is 1.28 bits per heavy atom. The van der Waals surface area contributed by atoms with Gasteiger partial charge in [0.05, 0.1) is 11.4 Å². The fraction of sp³-hybridized carbons (Fsp3) is 0.154. The van der Waals surface area contributed by atoms with E-state index in [9.17, 15) is 4.79 Å². The zero-order valence-corrected chi connectivity index (χ0v) is 11.3. The second-order valence-corrected chi connectivity index (χ2v) is 6.03. The highest BCUT2D eigenvalue weighted by molar-refractivity contribution is 7.99. The van der Waals surface area contributed by atoms with E-state index in [0.29, 0.717) is 10.6 Å². The molecule has 1 aromatic carbocycles. The summed E-state index contributed by atoms with van der Waals surface area (Å²) in [6.07, 6.45) is 0. The molecule has 1 aliphatic heterocycles. The van der Waals surface area contributed by atoms with Crippen LogP contribution < -0.4 is 10.6 Å². The van der Waals surface area contributed by atoms with Crippen LogP contribution in [0.1, 0.15) is 9.67 Å². The molecule has 1 amide bonds. The Balaban J connectivity index is 2.00. The number of amides is 1. The summed E-state index contributed by atoms with van der Waals surface area (Å²) in [7, 11) is 0. The molecule has 0 radical (unpaired) electrons. The predicted molar refractivity (Wildman–Crippen MR) is 77.6 cm³/mol. The minimum atomic E-state index is 0.00949. The van der Waals surface area contributed by atoms with E-state index in [1.807, 2.05) is 28.5 Å². The number of rotatable bonds is 1. The third-order valence-corrected chi connectivity index (χ3v) is 4.82. The van der Waals surface area contributed by atoms with Crippen LogP contribution in [0, 0.1) is 0 Å². The highest BCUT2D eigenvalue weighted by Gasteiger charge is 2.25. The number of carbonyl (C=O) groups is 1. The lowest BCUT2D eigenvalue weighted by Gasteiger charge is -2.28. The molecule has 5 heteroatoms. The zero-order valence-electron chi connectivity index (χ0n) is 9.63. The summed E-state index contributed by atoms with van der Waals surface area (Å²) >= 11 is 3.19. The van der Waals surface area contributed by atoms with Crippen molar-refractivity contribution in [3.63, 3.8) is 0 Å². The van der Waals surface area contributed by atoms with Gasteiger partial charge in [0.1, 0.15) is 4.88 Å². The molecule has 3 nitrogen and oxygen atoms in total. The number of para-hydroxylation sites is 1. The molecular formula is C13H12N2OS2. The fourth-order valence-corrected chi connectivity index (χ4v) is 3.76. The Hall–Kier alpha value is -1.46. The number of hydrogen-bond acceptors (Lipinski definition) is 4. The molecule has 0 fully saturated rings. The fourth-order valence-electron chi connectivity index (χ4n) is 2.00. The van der Waals surface area contributed by atoms with Crippen molar-refractivity contribution in [2.24, 2.45) is 0 Å². The van der Waals surface area contributed by atoms with Crippen molar-refractivity contribution in [1.29, 1.82) is 0 Å². The maximum atomic E-state index is 12.5. The molecule has 0 spiro atoms. The quantitative estimate of drug-likeness (QED) is 0.870. The molecule has 0 saturated heterocycles. The largest absolute Gasteiger partial charge is 0.397 e. The Kier molecular flexibility index (Phi) is 3.01. The first kappa shape index (κ1) is 11.6. The SMILES string of the molecule is Nc1ccsc1C(=O)N1CCSc2ccccc21. The topological polar surface area (TPSA) is 46.3 Å². The standard InChI is InChI=1S/C13H12N2OS2/c14-9-5-7-18-12(9)13(16)15-6-8-17-11-4-2-1-3-10(11)15/h1-5,7H,6,8,14H2. The lowest BCUT2D eigenvalue weighted by Crippen LogP contribution is -2.35. The molecule has 0 atom stereocenters. The summed E-state index contributed by atoms with van der Waals surface area (Å²) < 4.78 is 0. The molecular weight excluding hydrogens is 264 g/mol. The minimum Gasteiger partial charge on any atom is -0.397 e. The van der Waals surface area contributed by atoms with Crippen LogP contribution in [-0.2, 0) is 0 Å². The molecule has 2 heterocycles. The normalized spacial score (nSPS) is 14.3. The Morgan fingerprint density at radius 3 is 2.89 bits per heavy atom. The van der Waals surface area contributed by atoms with Crippen molar-refractivity contribution in [2.75, 3.05) is 22.9 Å². The summed E-state index contributed by atoms with van der Waals surface area (Å²) in [6, 6.07) is 9.78. The molecule has 18 heavy (non-hydrogen) atoms. The monoisotopic (exact) mass is 276 g/mol. The van der Waals surface area contributed by atoms with Gasteiger partial charge in [-0.05, 0) is 23.6 Å². The van der Waals surface area contributed by atoms with E-state index in [0.717, 1.165) is 22.9 Å². The van der Waals surface area contributed by atoms with Crippen LogP contribution in [0.3, 0.4) is 0 Å². The number of thiophene rings is 1. The van der Waals surface area contributed by atoms with E-state index >= 15 is 0 Å². The third kappa shape index (κ3) is 1.89. The highest BCUT2D eigenvalue weighted by atomic mass is 32.2.